The summed E-state index contributed by atoms with van der Waals surface area (Å²) in [5.74, 6) is 0.949. The second-order valence-corrected chi connectivity index (χ2v) is 10.6. The van der Waals surface area contributed by atoms with Gasteiger partial charge in [0.15, 0.2) is 5.13 Å². The second-order valence-electron chi connectivity index (χ2n) is 8.18. The molecule has 1 fully saturated rings. The van der Waals surface area contributed by atoms with E-state index >= 15 is 0 Å². The number of nitrogens with one attached hydrogen (secondary N) is 2. The second kappa shape index (κ2) is 11.0. The van der Waals surface area contributed by atoms with Crippen molar-refractivity contribution < 1.29 is 14.3 Å². The van der Waals surface area contributed by atoms with E-state index in [1.165, 1.54) is 29.5 Å². The molecule has 0 bridgehead atoms. The van der Waals surface area contributed by atoms with Crippen molar-refractivity contribution in [2.24, 2.45) is 5.92 Å². The molecule has 4 rings (SSSR count). The van der Waals surface area contributed by atoms with E-state index in [0.29, 0.717) is 11.7 Å². The van der Waals surface area contributed by atoms with Crippen LogP contribution in [0.15, 0.2) is 47.4 Å². The van der Waals surface area contributed by atoms with Crippen molar-refractivity contribution in [3.8, 4) is 5.75 Å². The number of thiazole rings is 1. The highest BCUT2D eigenvalue weighted by Crippen LogP contribution is 2.31. The largest absolute Gasteiger partial charge is 0.494 e. The van der Waals surface area contributed by atoms with E-state index < -0.39 is 0 Å². The normalized spacial score (nSPS) is 15.2. The maximum Gasteiger partial charge on any atom is 0.239 e. The summed E-state index contributed by atoms with van der Waals surface area (Å²) in [7, 11) is 0. The predicted octanol–water partition coefficient (Wildman–Crippen LogP) is 6.33. The Hall–Kier alpha value is -2.58. The third-order valence-corrected chi connectivity index (χ3v) is 7.73. The minimum atomic E-state index is -0.293. The Morgan fingerprint density at radius 2 is 1.88 bits per heavy atom. The number of nitrogens with zero attached hydrogens (tertiary/aromatic N) is 1. The summed E-state index contributed by atoms with van der Waals surface area (Å²) < 4.78 is 6.51. The average Bonchev–Trinajstić information content (AvgIpc) is 3.22. The van der Waals surface area contributed by atoms with Gasteiger partial charge in [0.2, 0.25) is 11.8 Å². The zero-order valence-corrected chi connectivity index (χ0v) is 20.6. The van der Waals surface area contributed by atoms with Crippen LogP contribution in [-0.4, -0.2) is 28.7 Å². The molecule has 33 heavy (non-hydrogen) atoms. The maximum atomic E-state index is 12.7. The van der Waals surface area contributed by atoms with Crippen molar-refractivity contribution in [1.82, 2.24) is 4.98 Å². The van der Waals surface area contributed by atoms with Crippen LogP contribution >= 0.6 is 23.1 Å². The molecule has 0 radical (unpaired) electrons. The molecule has 2 amide bonds. The van der Waals surface area contributed by atoms with Crippen LogP contribution in [0.4, 0.5) is 10.8 Å². The van der Waals surface area contributed by atoms with Gasteiger partial charge in [-0.1, -0.05) is 30.6 Å². The van der Waals surface area contributed by atoms with Gasteiger partial charge >= 0.3 is 0 Å². The molecule has 0 aliphatic heterocycles. The Labute approximate surface area is 202 Å². The van der Waals surface area contributed by atoms with Crippen molar-refractivity contribution in [3.63, 3.8) is 0 Å². The standard InChI is InChI=1S/C25H29N3O3S2/c1-3-31-19-11-14-21-22(15-19)33-25(27-21)28-23(29)16(2)32-20-12-9-18(10-13-20)26-24(30)17-7-5-4-6-8-17/h9-17H,3-8H2,1-2H3,(H,26,30)(H,27,28,29). The molecular weight excluding hydrogens is 454 g/mol. The number of amides is 2. The summed E-state index contributed by atoms with van der Waals surface area (Å²) in [4.78, 5) is 30.6. The average molecular weight is 484 g/mol. The van der Waals surface area contributed by atoms with Crippen molar-refractivity contribution in [2.45, 2.75) is 56.1 Å². The number of benzene rings is 2. The van der Waals surface area contributed by atoms with Gasteiger partial charge in [0.05, 0.1) is 22.1 Å². The molecule has 1 atom stereocenters. The lowest BCUT2D eigenvalue weighted by molar-refractivity contribution is -0.120. The molecule has 1 heterocycles. The van der Waals surface area contributed by atoms with E-state index in [0.717, 1.165) is 52.2 Å². The van der Waals surface area contributed by atoms with Gasteiger partial charge in [0.1, 0.15) is 5.75 Å². The molecule has 0 spiro atoms. The first kappa shape index (κ1) is 23.6. The predicted molar refractivity (Wildman–Crippen MR) is 136 cm³/mol. The Bertz CT molecular complexity index is 1110. The number of rotatable bonds is 8. The topological polar surface area (TPSA) is 80.3 Å². The SMILES string of the molecule is CCOc1ccc2nc(NC(=O)C(C)Sc3ccc(NC(=O)C4CCCCC4)cc3)sc2c1. The van der Waals surface area contributed by atoms with Crippen molar-refractivity contribution in [1.29, 1.82) is 0 Å². The number of fused-ring (bicyclic) bond motifs is 1. The van der Waals surface area contributed by atoms with Crippen LogP contribution in [0.25, 0.3) is 10.2 Å². The number of ether oxygens (including phenoxy) is 1. The minimum absolute atomic E-state index is 0.0984. The third-order valence-electron chi connectivity index (χ3n) is 5.68. The molecule has 1 aromatic heterocycles. The van der Waals surface area contributed by atoms with Gasteiger partial charge in [-0.2, -0.15) is 0 Å². The monoisotopic (exact) mass is 483 g/mol. The zero-order chi connectivity index (χ0) is 23.2. The van der Waals surface area contributed by atoms with Crippen LogP contribution in [0.5, 0.6) is 5.75 Å². The van der Waals surface area contributed by atoms with E-state index in [4.69, 9.17) is 4.74 Å². The highest BCUT2D eigenvalue weighted by molar-refractivity contribution is 8.00. The lowest BCUT2D eigenvalue weighted by Crippen LogP contribution is -2.24. The molecule has 2 aromatic carbocycles. The van der Waals surface area contributed by atoms with Gasteiger partial charge < -0.3 is 15.4 Å². The Kier molecular flexibility index (Phi) is 7.88. The van der Waals surface area contributed by atoms with E-state index in [1.807, 2.05) is 56.3 Å². The van der Waals surface area contributed by atoms with E-state index in [1.54, 1.807) is 0 Å². The lowest BCUT2D eigenvalue weighted by atomic mass is 9.88. The number of carbonyl (C=O) groups excluding carboxylic acids is 2. The van der Waals surface area contributed by atoms with Gasteiger partial charge in [-0.3, -0.25) is 9.59 Å². The Morgan fingerprint density at radius 1 is 1.12 bits per heavy atom. The van der Waals surface area contributed by atoms with Crippen LogP contribution in [0, 0.1) is 5.92 Å². The third kappa shape index (κ3) is 6.26. The number of hydrogen-bond acceptors (Lipinski definition) is 6. The van der Waals surface area contributed by atoms with Gasteiger partial charge in [-0.05, 0) is 69.2 Å². The maximum absolute atomic E-state index is 12.7. The van der Waals surface area contributed by atoms with Gasteiger partial charge in [-0.25, -0.2) is 4.98 Å². The summed E-state index contributed by atoms with van der Waals surface area (Å²) >= 11 is 2.91. The summed E-state index contributed by atoms with van der Waals surface area (Å²) in [6.07, 6.45) is 5.47. The summed E-state index contributed by atoms with van der Waals surface area (Å²) in [5.41, 5.74) is 1.64. The molecule has 6 nitrogen and oxygen atoms in total. The van der Waals surface area contributed by atoms with Gasteiger partial charge in [0.25, 0.3) is 0 Å². The quantitative estimate of drug-likeness (QED) is 0.366. The highest BCUT2D eigenvalue weighted by atomic mass is 32.2. The minimum Gasteiger partial charge on any atom is -0.494 e. The first-order chi connectivity index (χ1) is 16.0. The fourth-order valence-electron chi connectivity index (χ4n) is 3.91. The van der Waals surface area contributed by atoms with Crippen molar-refractivity contribution in [2.75, 3.05) is 17.2 Å². The Balaban J connectivity index is 1.31. The van der Waals surface area contributed by atoms with Crippen LogP contribution in [0.2, 0.25) is 0 Å². The van der Waals surface area contributed by atoms with Crippen LogP contribution in [0.3, 0.4) is 0 Å². The molecule has 0 saturated heterocycles. The summed E-state index contributed by atoms with van der Waals surface area (Å²) in [6, 6.07) is 13.4. The molecule has 1 aliphatic rings. The number of hydrogen-bond donors (Lipinski definition) is 2. The highest BCUT2D eigenvalue weighted by Gasteiger charge is 2.21. The fraction of sp³-hybridized carbons (Fsp3) is 0.400. The van der Waals surface area contributed by atoms with Crippen LogP contribution in [-0.2, 0) is 9.59 Å². The molecule has 8 heteroatoms. The number of anilines is 2. The van der Waals surface area contributed by atoms with E-state index in [2.05, 4.69) is 15.6 Å². The van der Waals surface area contributed by atoms with Gasteiger partial charge in [-0.15, -0.1) is 11.8 Å². The first-order valence-electron chi connectivity index (χ1n) is 11.4. The molecule has 1 saturated carbocycles. The van der Waals surface area contributed by atoms with Crippen LogP contribution < -0.4 is 15.4 Å². The first-order valence-corrected chi connectivity index (χ1v) is 13.1. The van der Waals surface area contributed by atoms with Crippen molar-refractivity contribution >= 4 is 55.9 Å². The van der Waals surface area contributed by atoms with E-state index in [-0.39, 0.29) is 23.0 Å². The number of thioether (sulfide) groups is 1. The Morgan fingerprint density at radius 3 is 2.61 bits per heavy atom. The summed E-state index contributed by atoms with van der Waals surface area (Å²) in [5, 5.41) is 6.24. The molecule has 1 unspecified atom stereocenters. The fourth-order valence-corrected chi connectivity index (χ4v) is 5.67. The molecule has 3 aromatic rings. The molecule has 1 aliphatic carbocycles. The zero-order valence-electron chi connectivity index (χ0n) is 18.9. The number of aromatic nitrogens is 1. The summed E-state index contributed by atoms with van der Waals surface area (Å²) in [6.45, 7) is 4.43. The van der Waals surface area contributed by atoms with E-state index in [9.17, 15) is 9.59 Å². The van der Waals surface area contributed by atoms with Gasteiger partial charge in [0, 0.05) is 16.5 Å². The van der Waals surface area contributed by atoms with Crippen LogP contribution in [0.1, 0.15) is 46.0 Å². The number of carbonyl (C=O) groups is 2. The molecular formula is C25H29N3O3S2. The molecule has 174 valence electrons. The smallest absolute Gasteiger partial charge is 0.239 e. The van der Waals surface area contributed by atoms with Crippen molar-refractivity contribution in [3.05, 3.63) is 42.5 Å². The lowest BCUT2D eigenvalue weighted by Gasteiger charge is -2.20. The molecule has 2 N–H and O–H groups in total.